The molecule has 0 radical (unpaired) electrons. The monoisotopic (exact) mass is 343 g/mol. The molecule has 2 aromatic rings. The van der Waals surface area contributed by atoms with Gasteiger partial charge in [0.05, 0.1) is 30.7 Å². The van der Waals surface area contributed by atoms with E-state index in [0.29, 0.717) is 6.54 Å². The summed E-state index contributed by atoms with van der Waals surface area (Å²) in [6.07, 6.45) is 0. The third-order valence-electron chi connectivity index (χ3n) is 4.52. The van der Waals surface area contributed by atoms with Gasteiger partial charge in [-0.25, -0.2) is 0 Å². The van der Waals surface area contributed by atoms with Crippen LogP contribution in [0.4, 0.5) is 11.4 Å². The van der Waals surface area contributed by atoms with Crippen molar-refractivity contribution in [3.05, 3.63) is 35.7 Å². The highest BCUT2D eigenvalue weighted by Gasteiger charge is 2.22. The number of benzene rings is 1. The molecule has 7 nitrogen and oxygen atoms in total. The second kappa shape index (κ2) is 7.57. The molecule has 1 aromatic carbocycles. The number of carbonyl (C=O) groups excluding carboxylic acids is 1. The molecule has 0 atom stereocenters. The Morgan fingerprint density at radius 1 is 1.20 bits per heavy atom. The average molecular weight is 343 g/mol. The zero-order valence-electron chi connectivity index (χ0n) is 15.0. The topological polar surface area (TPSA) is 73.5 Å². The Balaban J connectivity index is 1.49. The van der Waals surface area contributed by atoms with Crippen LogP contribution in [-0.4, -0.2) is 60.8 Å². The minimum absolute atomic E-state index is 0.00860. The number of ether oxygens (including phenoxy) is 1. The summed E-state index contributed by atoms with van der Waals surface area (Å²) in [4.78, 5) is 16.8. The van der Waals surface area contributed by atoms with E-state index >= 15 is 0 Å². The average Bonchev–Trinajstić information content (AvgIpc) is 2.95. The summed E-state index contributed by atoms with van der Waals surface area (Å²) in [5.74, 6) is 0.785. The molecule has 1 fully saturated rings. The molecule has 1 aromatic heterocycles. The largest absolute Gasteiger partial charge is 0.497 e. The predicted molar refractivity (Wildman–Crippen MR) is 98.3 cm³/mol. The third-order valence-corrected chi connectivity index (χ3v) is 4.52. The number of aromatic nitrogens is 2. The van der Waals surface area contributed by atoms with E-state index in [1.54, 1.807) is 7.11 Å². The molecule has 1 aliphatic rings. The zero-order valence-corrected chi connectivity index (χ0v) is 15.0. The summed E-state index contributed by atoms with van der Waals surface area (Å²) in [7, 11) is 1.62. The van der Waals surface area contributed by atoms with E-state index in [9.17, 15) is 4.79 Å². The summed E-state index contributed by atoms with van der Waals surface area (Å²) in [6, 6.07) is 7.37. The number of aryl methyl sites for hydroxylation is 2. The fourth-order valence-electron chi connectivity index (χ4n) is 3.22. The van der Waals surface area contributed by atoms with Crippen LogP contribution in [0.5, 0.6) is 5.75 Å². The van der Waals surface area contributed by atoms with Crippen molar-refractivity contribution >= 4 is 17.3 Å². The van der Waals surface area contributed by atoms with Crippen molar-refractivity contribution in [3.63, 3.8) is 0 Å². The number of nitrogens with zero attached hydrogens (tertiary/aromatic N) is 3. The van der Waals surface area contributed by atoms with Crippen LogP contribution in [0.3, 0.4) is 0 Å². The van der Waals surface area contributed by atoms with Gasteiger partial charge in [-0.2, -0.15) is 5.10 Å². The number of methoxy groups -OCH3 is 1. The van der Waals surface area contributed by atoms with Crippen LogP contribution < -0.4 is 15.0 Å². The molecule has 7 heteroatoms. The number of H-pyrrole nitrogens is 1. The summed E-state index contributed by atoms with van der Waals surface area (Å²) in [6.45, 7) is 8.00. The fourth-order valence-corrected chi connectivity index (χ4v) is 3.22. The molecule has 134 valence electrons. The van der Waals surface area contributed by atoms with E-state index in [0.717, 1.165) is 49.0 Å². The number of nitrogens with one attached hydrogen (secondary N) is 2. The Kier molecular flexibility index (Phi) is 5.23. The van der Waals surface area contributed by atoms with Crippen LogP contribution in [0.2, 0.25) is 0 Å². The van der Waals surface area contributed by atoms with Gasteiger partial charge >= 0.3 is 0 Å². The Morgan fingerprint density at radius 2 is 1.88 bits per heavy atom. The van der Waals surface area contributed by atoms with Crippen molar-refractivity contribution in [2.45, 2.75) is 13.8 Å². The summed E-state index contributed by atoms with van der Waals surface area (Å²) >= 11 is 0. The first-order valence-electron chi connectivity index (χ1n) is 8.49. The molecule has 1 aliphatic heterocycles. The van der Waals surface area contributed by atoms with Crippen LogP contribution in [0.1, 0.15) is 11.4 Å². The van der Waals surface area contributed by atoms with E-state index in [4.69, 9.17) is 4.74 Å². The van der Waals surface area contributed by atoms with Gasteiger partial charge in [0.25, 0.3) is 0 Å². The van der Waals surface area contributed by atoms with Gasteiger partial charge in [0.15, 0.2) is 0 Å². The molecule has 2 heterocycles. The molecule has 0 aliphatic carbocycles. The Bertz CT molecular complexity index is 698. The number of hydrogen-bond acceptors (Lipinski definition) is 5. The van der Waals surface area contributed by atoms with Gasteiger partial charge in [0.2, 0.25) is 5.91 Å². The molecule has 0 unspecified atom stereocenters. The Morgan fingerprint density at radius 3 is 2.44 bits per heavy atom. The number of aromatic amines is 1. The number of rotatable bonds is 5. The standard InChI is InChI=1S/C18H25N5O2/c1-13-18(14(2)21-20-13)23-10-8-22(9-11-23)12-17(24)19-15-4-6-16(25-3)7-5-15/h4-7H,8-12H2,1-3H3,(H,19,24)(H,20,21). The van der Waals surface area contributed by atoms with Crippen molar-refractivity contribution in [1.82, 2.24) is 15.1 Å². The lowest BCUT2D eigenvalue weighted by Gasteiger charge is -2.35. The lowest BCUT2D eigenvalue weighted by atomic mass is 10.2. The van der Waals surface area contributed by atoms with Gasteiger partial charge in [-0.1, -0.05) is 0 Å². The summed E-state index contributed by atoms with van der Waals surface area (Å²) < 4.78 is 5.12. The van der Waals surface area contributed by atoms with Crippen molar-refractivity contribution < 1.29 is 9.53 Å². The second-order valence-electron chi connectivity index (χ2n) is 6.32. The normalized spacial score (nSPS) is 15.2. The summed E-state index contributed by atoms with van der Waals surface area (Å²) in [5, 5.41) is 10.2. The SMILES string of the molecule is COc1ccc(NC(=O)CN2CCN(c3c(C)n[nH]c3C)CC2)cc1. The maximum absolute atomic E-state index is 12.2. The molecule has 0 bridgehead atoms. The maximum atomic E-state index is 12.2. The van der Waals surface area contributed by atoms with Gasteiger partial charge in [-0.05, 0) is 38.1 Å². The van der Waals surface area contributed by atoms with Crippen LogP contribution in [-0.2, 0) is 4.79 Å². The van der Waals surface area contributed by atoms with Crippen LogP contribution in [0.25, 0.3) is 0 Å². The van der Waals surface area contributed by atoms with Crippen molar-refractivity contribution in [2.24, 2.45) is 0 Å². The molecule has 2 N–H and O–H groups in total. The predicted octanol–water partition coefficient (Wildman–Crippen LogP) is 1.80. The first-order chi connectivity index (χ1) is 12.1. The van der Waals surface area contributed by atoms with Gasteiger partial charge in [0, 0.05) is 31.9 Å². The maximum Gasteiger partial charge on any atom is 0.238 e. The van der Waals surface area contributed by atoms with Gasteiger partial charge in [-0.3, -0.25) is 14.8 Å². The number of anilines is 2. The number of hydrogen-bond donors (Lipinski definition) is 2. The quantitative estimate of drug-likeness (QED) is 0.866. The molecule has 1 amide bonds. The van der Waals surface area contributed by atoms with Crippen molar-refractivity contribution in [1.29, 1.82) is 0 Å². The lowest BCUT2D eigenvalue weighted by molar-refractivity contribution is -0.117. The number of carbonyl (C=O) groups is 1. The van der Waals surface area contributed by atoms with Gasteiger partial charge in [0.1, 0.15) is 5.75 Å². The molecule has 3 rings (SSSR count). The molecular weight excluding hydrogens is 318 g/mol. The van der Waals surface area contributed by atoms with E-state index in [1.165, 1.54) is 5.69 Å². The minimum atomic E-state index is 0.00860. The van der Waals surface area contributed by atoms with E-state index in [1.807, 2.05) is 38.1 Å². The number of piperazine rings is 1. The smallest absolute Gasteiger partial charge is 0.238 e. The second-order valence-corrected chi connectivity index (χ2v) is 6.32. The van der Waals surface area contributed by atoms with Crippen LogP contribution >= 0.6 is 0 Å². The van der Waals surface area contributed by atoms with Crippen LogP contribution in [0.15, 0.2) is 24.3 Å². The lowest BCUT2D eigenvalue weighted by Crippen LogP contribution is -2.49. The highest BCUT2D eigenvalue weighted by Crippen LogP contribution is 2.23. The van der Waals surface area contributed by atoms with Gasteiger partial charge in [-0.15, -0.1) is 0 Å². The van der Waals surface area contributed by atoms with Gasteiger partial charge < -0.3 is 15.0 Å². The molecule has 25 heavy (non-hydrogen) atoms. The van der Waals surface area contributed by atoms with Crippen LogP contribution in [0, 0.1) is 13.8 Å². The molecule has 0 spiro atoms. The fraction of sp³-hybridized carbons (Fsp3) is 0.444. The molecule has 0 saturated carbocycles. The minimum Gasteiger partial charge on any atom is -0.497 e. The van der Waals surface area contributed by atoms with Crippen molar-refractivity contribution in [3.8, 4) is 5.75 Å². The van der Waals surface area contributed by atoms with E-state index in [-0.39, 0.29) is 5.91 Å². The zero-order chi connectivity index (χ0) is 17.8. The Labute approximate surface area is 148 Å². The Hall–Kier alpha value is -2.54. The highest BCUT2D eigenvalue weighted by molar-refractivity contribution is 5.92. The number of amides is 1. The van der Waals surface area contributed by atoms with E-state index in [2.05, 4.69) is 25.3 Å². The first kappa shape index (κ1) is 17.3. The third kappa shape index (κ3) is 4.11. The van der Waals surface area contributed by atoms with E-state index < -0.39 is 0 Å². The summed E-state index contributed by atoms with van der Waals surface area (Å²) in [5.41, 5.74) is 4.11. The molecule has 1 saturated heterocycles. The first-order valence-corrected chi connectivity index (χ1v) is 8.49. The highest BCUT2D eigenvalue weighted by atomic mass is 16.5. The van der Waals surface area contributed by atoms with Crippen molar-refractivity contribution in [2.75, 3.05) is 50.1 Å². The molecular formula is C18H25N5O2.